The molecule has 0 radical (unpaired) electrons. The molecule has 0 aliphatic rings. The van der Waals surface area contributed by atoms with Gasteiger partial charge in [0.05, 0.1) is 10.6 Å². The molecule has 1 atom stereocenters. The number of anilines is 1. The molecule has 0 bridgehead atoms. The summed E-state index contributed by atoms with van der Waals surface area (Å²) in [5.74, 6) is -0.535. The lowest BCUT2D eigenvalue weighted by atomic mass is 10.1. The van der Waals surface area contributed by atoms with Gasteiger partial charge in [0.2, 0.25) is 11.8 Å². The van der Waals surface area contributed by atoms with Gasteiger partial charge in [-0.3, -0.25) is 13.9 Å². The summed E-state index contributed by atoms with van der Waals surface area (Å²) in [5, 5.41) is 2.90. The molecule has 0 spiro atoms. The molecule has 1 N–H and O–H groups in total. The first kappa shape index (κ1) is 30.4. The lowest BCUT2D eigenvalue weighted by Gasteiger charge is -2.32. The highest BCUT2D eigenvalue weighted by Crippen LogP contribution is 2.27. The fourth-order valence-corrected chi connectivity index (χ4v) is 5.72. The van der Waals surface area contributed by atoms with E-state index >= 15 is 0 Å². The summed E-state index contributed by atoms with van der Waals surface area (Å²) >= 11 is 3.41. The molecule has 0 fully saturated rings. The van der Waals surface area contributed by atoms with E-state index < -0.39 is 28.5 Å². The van der Waals surface area contributed by atoms with Crippen molar-refractivity contribution in [1.82, 2.24) is 10.2 Å². The van der Waals surface area contributed by atoms with Crippen molar-refractivity contribution in [2.24, 2.45) is 5.92 Å². The van der Waals surface area contributed by atoms with Crippen molar-refractivity contribution in [3.05, 3.63) is 94.0 Å². The van der Waals surface area contributed by atoms with Crippen LogP contribution in [0.5, 0.6) is 0 Å². The number of aryl methyl sites for hydroxylation is 2. The van der Waals surface area contributed by atoms with Gasteiger partial charge in [-0.1, -0.05) is 83.4 Å². The summed E-state index contributed by atoms with van der Waals surface area (Å²) in [7, 11) is -4.10. The van der Waals surface area contributed by atoms with Crippen molar-refractivity contribution in [1.29, 1.82) is 0 Å². The van der Waals surface area contributed by atoms with Crippen LogP contribution in [0.4, 0.5) is 5.69 Å². The molecule has 2 amide bonds. The van der Waals surface area contributed by atoms with Crippen molar-refractivity contribution in [2.75, 3.05) is 17.4 Å². The quantitative estimate of drug-likeness (QED) is 0.311. The van der Waals surface area contributed by atoms with Crippen LogP contribution in [0.3, 0.4) is 0 Å². The van der Waals surface area contributed by atoms with Gasteiger partial charge in [-0.2, -0.15) is 0 Å². The third kappa shape index (κ3) is 8.16. The second-order valence-electron chi connectivity index (χ2n) is 10.1. The van der Waals surface area contributed by atoms with E-state index in [0.29, 0.717) is 16.7 Å². The first-order chi connectivity index (χ1) is 18.4. The molecule has 7 nitrogen and oxygen atoms in total. The van der Waals surface area contributed by atoms with Crippen molar-refractivity contribution in [2.45, 2.75) is 52.1 Å². The number of rotatable bonds is 11. The minimum atomic E-state index is -4.10. The summed E-state index contributed by atoms with van der Waals surface area (Å²) in [6, 6.07) is 20.2. The number of hydrogen-bond donors (Lipinski definition) is 1. The number of nitrogens with one attached hydrogen (secondary N) is 1. The summed E-state index contributed by atoms with van der Waals surface area (Å²) in [6.07, 6.45) is 0. The number of carbonyl (C=O) groups excluding carboxylic acids is 2. The zero-order valence-electron chi connectivity index (χ0n) is 23.0. The Morgan fingerprint density at radius 3 is 2.05 bits per heavy atom. The molecule has 3 rings (SSSR count). The zero-order chi connectivity index (χ0) is 28.7. The van der Waals surface area contributed by atoms with Crippen molar-refractivity contribution in [3.8, 4) is 0 Å². The summed E-state index contributed by atoms with van der Waals surface area (Å²) < 4.78 is 29.5. The number of carbonyl (C=O) groups is 2. The Balaban J connectivity index is 2.01. The van der Waals surface area contributed by atoms with Crippen LogP contribution in [0.25, 0.3) is 0 Å². The van der Waals surface area contributed by atoms with Crippen LogP contribution in [0, 0.1) is 19.8 Å². The van der Waals surface area contributed by atoms with Crippen LogP contribution in [0.1, 0.15) is 37.5 Å². The van der Waals surface area contributed by atoms with Gasteiger partial charge in [0.15, 0.2) is 0 Å². The maximum atomic E-state index is 13.9. The third-order valence-corrected chi connectivity index (χ3v) is 8.59. The summed E-state index contributed by atoms with van der Waals surface area (Å²) in [4.78, 5) is 28.5. The maximum Gasteiger partial charge on any atom is 0.264 e. The average Bonchev–Trinajstić information content (AvgIpc) is 2.89. The van der Waals surface area contributed by atoms with Crippen molar-refractivity contribution >= 4 is 43.5 Å². The molecule has 3 aromatic rings. The monoisotopic (exact) mass is 613 g/mol. The van der Waals surface area contributed by atoms with E-state index in [1.165, 1.54) is 17.0 Å². The van der Waals surface area contributed by atoms with Gasteiger partial charge < -0.3 is 10.2 Å². The van der Waals surface area contributed by atoms with E-state index in [9.17, 15) is 18.0 Å². The molecule has 0 aliphatic heterocycles. The number of hydrogen-bond acceptors (Lipinski definition) is 4. The number of halogens is 1. The minimum Gasteiger partial charge on any atom is -0.354 e. The van der Waals surface area contributed by atoms with Gasteiger partial charge in [-0.15, -0.1) is 0 Å². The first-order valence-corrected chi connectivity index (χ1v) is 15.1. The second-order valence-corrected chi connectivity index (χ2v) is 12.9. The predicted octanol–water partition coefficient (Wildman–Crippen LogP) is 5.45. The van der Waals surface area contributed by atoms with Crippen LogP contribution < -0.4 is 9.62 Å². The topological polar surface area (TPSA) is 86.8 Å². The van der Waals surface area contributed by atoms with E-state index in [4.69, 9.17) is 0 Å². The molecule has 1 unspecified atom stereocenters. The van der Waals surface area contributed by atoms with Crippen LogP contribution in [0.15, 0.2) is 82.2 Å². The number of nitrogens with zero attached hydrogens (tertiary/aromatic N) is 2. The normalized spacial score (nSPS) is 12.2. The molecule has 0 saturated heterocycles. The van der Waals surface area contributed by atoms with Crippen molar-refractivity contribution < 1.29 is 18.0 Å². The molecular weight excluding hydrogens is 578 g/mol. The Morgan fingerprint density at radius 1 is 0.897 bits per heavy atom. The summed E-state index contributed by atoms with van der Waals surface area (Å²) in [6.45, 7) is 9.66. The van der Waals surface area contributed by atoms with Crippen LogP contribution in [0.2, 0.25) is 0 Å². The van der Waals surface area contributed by atoms with Gasteiger partial charge in [0.1, 0.15) is 12.6 Å². The maximum absolute atomic E-state index is 13.9. The van der Waals surface area contributed by atoms with Gasteiger partial charge >= 0.3 is 0 Å². The molecule has 3 aromatic carbocycles. The molecule has 0 aliphatic carbocycles. The molecule has 0 aromatic heterocycles. The van der Waals surface area contributed by atoms with Gasteiger partial charge in [0, 0.05) is 17.6 Å². The third-order valence-electron chi connectivity index (χ3n) is 6.31. The Morgan fingerprint density at radius 2 is 1.49 bits per heavy atom. The van der Waals surface area contributed by atoms with E-state index in [1.807, 2.05) is 52.0 Å². The first-order valence-electron chi connectivity index (χ1n) is 12.9. The fourth-order valence-electron chi connectivity index (χ4n) is 3.92. The van der Waals surface area contributed by atoms with Crippen LogP contribution in [-0.4, -0.2) is 44.3 Å². The van der Waals surface area contributed by atoms with Gasteiger partial charge in [-0.05, 0) is 62.6 Å². The minimum absolute atomic E-state index is 0.0775. The molecular formula is C30H36BrN3O4S. The highest BCUT2D eigenvalue weighted by Gasteiger charge is 2.32. The van der Waals surface area contributed by atoms with E-state index in [1.54, 1.807) is 43.3 Å². The second kappa shape index (κ2) is 13.3. The predicted molar refractivity (Wildman–Crippen MR) is 159 cm³/mol. The highest BCUT2D eigenvalue weighted by molar-refractivity contribution is 9.10. The molecule has 0 saturated carbocycles. The highest BCUT2D eigenvalue weighted by atomic mass is 79.9. The standard InChI is InChI=1S/C30H36BrN3O4S/c1-21(2)18-32-30(36)24(5)33(19-25-13-9-22(3)10-14-25)29(35)20-34(27-8-6-7-26(31)17-27)39(37,38)28-15-11-23(4)12-16-28/h6-17,21,24H,18-20H2,1-5H3,(H,32,36). The Hall–Kier alpha value is -3.17. The lowest BCUT2D eigenvalue weighted by Crippen LogP contribution is -2.51. The van der Waals surface area contributed by atoms with E-state index in [-0.39, 0.29) is 23.3 Å². The Labute approximate surface area is 240 Å². The van der Waals surface area contributed by atoms with Gasteiger partial charge in [0.25, 0.3) is 10.0 Å². The smallest absolute Gasteiger partial charge is 0.264 e. The Bertz CT molecular complexity index is 1390. The molecule has 39 heavy (non-hydrogen) atoms. The molecule has 208 valence electrons. The van der Waals surface area contributed by atoms with Crippen LogP contribution in [-0.2, 0) is 26.2 Å². The zero-order valence-corrected chi connectivity index (χ0v) is 25.4. The number of benzene rings is 3. The summed E-state index contributed by atoms with van der Waals surface area (Å²) in [5.41, 5.74) is 3.17. The number of sulfonamides is 1. The van der Waals surface area contributed by atoms with E-state index in [2.05, 4.69) is 21.2 Å². The number of amides is 2. The van der Waals surface area contributed by atoms with Crippen LogP contribution >= 0.6 is 15.9 Å². The largest absolute Gasteiger partial charge is 0.354 e. The molecule has 9 heteroatoms. The Kier molecular flexibility index (Phi) is 10.3. The fraction of sp³-hybridized carbons (Fsp3) is 0.333. The lowest BCUT2D eigenvalue weighted by molar-refractivity contribution is -0.139. The molecule has 0 heterocycles. The van der Waals surface area contributed by atoms with Crippen molar-refractivity contribution in [3.63, 3.8) is 0 Å². The van der Waals surface area contributed by atoms with E-state index in [0.717, 1.165) is 21.0 Å². The SMILES string of the molecule is Cc1ccc(CN(C(=O)CN(c2cccc(Br)c2)S(=O)(=O)c2ccc(C)cc2)C(C)C(=O)NCC(C)C)cc1. The van der Waals surface area contributed by atoms with Gasteiger partial charge in [-0.25, -0.2) is 8.42 Å². The average molecular weight is 615 g/mol.